The van der Waals surface area contributed by atoms with Crippen LogP contribution in [0.4, 0.5) is 32.0 Å². The number of halogens is 6. The number of aromatic nitrogens is 1. The summed E-state index contributed by atoms with van der Waals surface area (Å²) in [6.45, 7) is -1.53. The first-order valence-corrected chi connectivity index (χ1v) is 11.7. The molecule has 1 amide bonds. The zero-order valence-electron chi connectivity index (χ0n) is 18.1. The highest BCUT2D eigenvalue weighted by molar-refractivity contribution is 7.90. The van der Waals surface area contributed by atoms with Crippen LogP contribution < -0.4 is 14.8 Å². The van der Waals surface area contributed by atoms with E-state index in [1.165, 1.54) is 30.3 Å². The van der Waals surface area contributed by atoms with Crippen LogP contribution in [0.5, 0.6) is 17.4 Å². The summed E-state index contributed by atoms with van der Waals surface area (Å²) >= 11 is 0. The van der Waals surface area contributed by atoms with Gasteiger partial charge in [-0.2, -0.15) is 26.3 Å². The van der Waals surface area contributed by atoms with E-state index in [2.05, 4.69) is 15.0 Å². The lowest BCUT2D eigenvalue weighted by Crippen LogP contribution is -2.19. The number of carbonyl (C=O) groups is 1. The minimum absolute atomic E-state index is 0.0162. The standard InChI is InChI=1S/C22H16F6N2O5S/c1-36(32,33)17-4-2-3-14(10-17)30-19(31)18-9-13(22(26,27)28)11-29-20(18)35-16-7-5-15(6-8-16)34-12-21(23,24)25/h2-11H,12H2,1H3,(H,30,31). The van der Waals surface area contributed by atoms with Crippen molar-refractivity contribution in [1.29, 1.82) is 0 Å². The van der Waals surface area contributed by atoms with Crippen molar-refractivity contribution in [1.82, 2.24) is 4.98 Å². The molecule has 0 spiro atoms. The van der Waals surface area contributed by atoms with Crippen molar-refractivity contribution >= 4 is 21.4 Å². The number of hydrogen-bond acceptors (Lipinski definition) is 6. The van der Waals surface area contributed by atoms with Crippen LogP contribution >= 0.6 is 0 Å². The van der Waals surface area contributed by atoms with Gasteiger partial charge in [0.15, 0.2) is 16.4 Å². The Hall–Kier alpha value is -3.81. The second-order valence-corrected chi connectivity index (χ2v) is 9.32. The highest BCUT2D eigenvalue weighted by Gasteiger charge is 2.33. The van der Waals surface area contributed by atoms with Crippen LogP contribution in [-0.2, 0) is 16.0 Å². The van der Waals surface area contributed by atoms with Crippen molar-refractivity contribution in [2.24, 2.45) is 0 Å². The number of hydrogen-bond donors (Lipinski definition) is 1. The molecule has 1 N–H and O–H groups in total. The maximum absolute atomic E-state index is 13.2. The number of nitrogens with one attached hydrogen (secondary N) is 1. The number of pyridine rings is 1. The maximum Gasteiger partial charge on any atom is 0.422 e. The van der Waals surface area contributed by atoms with Gasteiger partial charge in [0.1, 0.15) is 17.1 Å². The van der Waals surface area contributed by atoms with E-state index in [9.17, 15) is 39.6 Å². The first-order valence-electron chi connectivity index (χ1n) is 9.78. The fraction of sp³-hybridized carbons (Fsp3) is 0.182. The lowest BCUT2D eigenvalue weighted by atomic mass is 10.1. The van der Waals surface area contributed by atoms with E-state index in [4.69, 9.17) is 4.74 Å². The Labute approximate surface area is 200 Å². The van der Waals surface area contributed by atoms with Crippen molar-refractivity contribution < 1.29 is 49.0 Å². The first-order chi connectivity index (χ1) is 16.6. The Morgan fingerprint density at radius 3 is 2.19 bits per heavy atom. The molecule has 0 aliphatic carbocycles. The molecule has 0 atom stereocenters. The van der Waals surface area contributed by atoms with Gasteiger partial charge in [-0.15, -0.1) is 0 Å². The molecule has 0 bridgehead atoms. The van der Waals surface area contributed by atoms with Gasteiger partial charge in [-0.3, -0.25) is 4.79 Å². The van der Waals surface area contributed by atoms with Crippen LogP contribution in [0.3, 0.4) is 0 Å². The van der Waals surface area contributed by atoms with Gasteiger partial charge in [0.2, 0.25) is 5.88 Å². The molecule has 14 heteroatoms. The van der Waals surface area contributed by atoms with Gasteiger partial charge in [-0.05, 0) is 48.5 Å². The Kier molecular flexibility index (Phi) is 7.48. The molecule has 7 nitrogen and oxygen atoms in total. The summed E-state index contributed by atoms with van der Waals surface area (Å²) in [4.78, 5) is 16.3. The lowest BCUT2D eigenvalue weighted by Gasteiger charge is -2.14. The molecule has 3 rings (SSSR count). The zero-order valence-corrected chi connectivity index (χ0v) is 19.0. The number of ether oxygens (including phenoxy) is 2. The number of sulfone groups is 1. The van der Waals surface area contributed by atoms with Crippen molar-refractivity contribution in [2.45, 2.75) is 17.2 Å². The Balaban J connectivity index is 1.89. The highest BCUT2D eigenvalue weighted by atomic mass is 32.2. The van der Waals surface area contributed by atoms with E-state index in [0.717, 1.165) is 24.5 Å². The monoisotopic (exact) mass is 534 g/mol. The van der Waals surface area contributed by atoms with Gasteiger partial charge in [-0.1, -0.05) is 6.07 Å². The highest BCUT2D eigenvalue weighted by Crippen LogP contribution is 2.33. The van der Waals surface area contributed by atoms with Gasteiger partial charge in [0, 0.05) is 18.1 Å². The van der Waals surface area contributed by atoms with Gasteiger partial charge in [-0.25, -0.2) is 13.4 Å². The molecular formula is C22H16F6N2O5S. The molecular weight excluding hydrogens is 518 g/mol. The summed E-state index contributed by atoms with van der Waals surface area (Å²) in [7, 11) is -3.63. The molecule has 36 heavy (non-hydrogen) atoms. The fourth-order valence-electron chi connectivity index (χ4n) is 2.73. The quantitative estimate of drug-likeness (QED) is 0.403. The van der Waals surface area contributed by atoms with Crippen LogP contribution in [0.1, 0.15) is 15.9 Å². The van der Waals surface area contributed by atoms with Crippen LogP contribution in [0.25, 0.3) is 0 Å². The van der Waals surface area contributed by atoms with Crippen LogP contribution in [0.2, 0.25) is 0 Å². The molecule has 0 aliphatic rings. The number of amides is 1. The van der Waals surface area contributed by atoms with Crippen LogP contribution in [-0.4, -0.2) is 38.3 Å². The minimum atomic E-state index is -4.84. The molecule has 0 saturated heterocycles. The number of benzene rings is 2. The molecule has 2 aromatic carbocycles. The molecule has 1 aromatic heterocycles. The second-order valence-electron chi connectivity index (χ2n) is 7.31. The van der Waals surface area contributed by atoms with E-state index >= 15 is 0 Å². The summed E-state index contributed by atoms with van der Waals surface area (Å²) < 4.78 is 110. The smallest absolute Gasteiger partial charge is 0.422 e. The predicted octanol–water partition coefficient (Wildman–Crippen LogP) is 5.49. The minimum Gasteiger partial charge on any atom is -0.484 e. The number of nitrogens with zero attached hydrogens (tertiary/aromatic N) is 1. The molecule has 0 saturated carbocycles. The van der Waals surface area contributed by atoms with Gasteiger partial charge < -0.3 is 14.8 Å². The molecule has 3 aromatic rings. The van der Waals surface area contributed by atoms with E-state index < -0.39 is 51.7 Å². The van der Waals surface area contributed by atoms with Crippen molar-refractivity contribution in [3.8, 4) is 17.4 Å². The largest absolute Gasteiger partial charge is 0.484 e. The zero-order chi connectivity index (χ0) is 26.7. The van der Waals surface area contributed by atoms with Gasteiger partial charge in [0.05, 0.1) is 10.5 Å². The van der Waals surface area contributed by atoms with Crippen molar-refractivity contribution in [2.75, 3.05) is 18.2 Å². The number of carbonyl (C=O) groups excluding carboxylic acids is 1. The summed E-state index contributed by atoms with van der Waals surface area (Å²) in [5, 5.41) is 2.30. The fourth-order valence-corrected chi connectivity index (χ4v) is 3.40. The number of alkyl halides is 6. The summed E-state index contributed by atoms with van der Waals surface area (Å²) in [6.07, 6.45) is -8.01. The first kappa shape index (κ1) is 26.8. The lowest BCUT2D eigenvalue weighted by molar-refractivity contribution is -0.153. The second kappa shape index (κ2) is 10.0. The molecule has 0 radical (unpaired) electrons. The van der Waals surface area contributed by atoms with E-state index in [1.54, 1.807) is 0 Å². The van der Waals surface area contributed by atoms with Gasteiger partial charge >= 0.3 is 12.4 Å². The molecule has 192 valence electrons. The maximum atomic E-state index is 13.2. The topological polar surface area (TPSA) is 94.6 Å². The Morgan fingerprint density at radius 1 is 0.972 bits per heavy atom. The average Bonchev–Trinajstić information content (AvgIpc) is 2.77. The summed E-state index contributed by atoms with van der Waals surface area (Å²) in [5.41, 5.74) is -1.90. The SMILES string of the molecule is CS(=O)(=O)c1cccc(NC(=O)c2cc(C(F)(F)F)cnc2Oc2ccc(OCC(F)(F)F)cc2)c1. The van der Waals surface area contributed by atoms with Crippen molar-refractivity contribution in [3.63, 3.8) is 0 Å². The summed E-state index contributed by atoms with van der Waals surface area (Å²) in [6, 6.07) is 10.1. The molecule has 0 aliphatic heterocycles. The van der Waals surface area contributed by atoms with E-state index in [1.807, 2.05) is 0 Å². The molecule has 1 heterocycles. The number of anilines is 1. The molecule has 0 unspecified atom stereocenters. The van der Waals surface area contributed by atoms with Crippen LogP contribution in [0, 0.1) is 0 Å². The third-order valence-electron chi connectivity index (χ3n) is 4.38. The summed E-state index contributed by atoms with van der Waals surface area (Å²) in [5.74, 6) is -1.83. The average molecular weight is 534 g/mol. The van der Waals surface area contributed by atoms with Gasteiger partial charge in [0.25, 0.3) is 5.91 Å². The Morgan fingerprint density at radius 2 is 1.61 bits per heavy atom. The molecule has 0 fully saturated rings. The normalized spacial score (nSPS) is 12.2. The Bertz CT molecular complexity index is 1360. The number of rotatable bonds is 7. The van der Waals surface area contributed by atoms with E-state index in [-0.39, 0.29) is 22.1 Å². The van der Waals surface area contributed by atoms with E-state index in [0.29, 0.717) is 12.3 Å². The third kappa shape index (κ3) is 7.34. The van der Waals surface area contributed by atoms with Crippen molar-refractivity contribution in [3.05, 3.63) is 71.9 Å². The third-order valence-corrected chi connectivity index (χ3v) is 5.49. The van der Waals surface area contributed by atoms with Crippen LogP contribution in [0.15, 0.2) is 65.7 Å². The predicted molar refractivity (Wildman–Crippen MR) is 115 cm³/mol.